The number of hydrogen-bond acceptors (Lipinski definition) is 4. The van der Waals surface area contributed by atoms with Crippen LogP contribution in [0.25, 0.3) is 0 Å². The Hall–Kier alpha value is -0.850. The number of nitrogens with two attached hydrogens (primary N) is 1. The second-order valence-electron chi connectivity index (χ2n) is 5.06. The Morgan fingerprint density at radius 3 is 2.50 bits per heavy atom. The van der Waals surface area contributed by atoms with Crippen LogP contribution in [-0.4, -0.2) is 25.3 Å². The third-order valence-corrected chi connectivity index (χ3v) is 5.65. The molecule has 0 amide bonds. The van der Waals surface area contributed by atoms with Gasteiger partial charge in [-0.1, -0.05) is 20.3 Å². The van der Waals surface area contributed by atoms with E-state index in [0.717, 1.165) is 19.3 Å². The van der Waals surface area contributed by atoms with Crippen LogP contribution in [0, 0.1) is 6.92 Å². The van der Waals surface area contributed by atoms with E-state index < -0.39 is 10.0 Å². The minimum absolute atomic E-state index is 0.0258. The highest BCUT2D eigenvalue weighted by molar-refractivity contribution is 7.89. The predicted molar refractivity (Wildman–Crippen MR) is 79.9 cm³/mol. The number of unbranched alkanes of at least 4 members (excludes halogenated alkanes) is 1. The van der Waals surface area contributed by atoms with Crippen molar-refractivity contribution < 1.29 is 12.8 Å². The van der Waals surface area contributed by atoms with Gasteiger partial charge in [-0.05, 0) is 26.7 Å². The molecule has 20 heavy (non-hydrogen) atoms. The van der Waals surface area contributed by atoms with Crippen LogP contribution in [-0.2, 0) is 16.6 Å². The van der Waals surface area contributed by atoms with E-state index in [4.69, 9.17) is 10.2 Å². The number of aryl methyl sites for hydroxylation is 1. The predicted octanol–water partition coefficient (Wildman–Crippen LogP) is 2.64. The Balaban J connectivity index is 3.17. The first-order chi connectivity index (χ1) is 9.38. The van der Waals surface area contributed by atoms with Gasteiger partial charge in [0.1, 0.15) is 16.4 Å². The molecule has 1 unspecified atom stereocenters. The lowest BCUT2D eigenvalue weighted by Gasteiger charge is -2.27. The van der Waals surface area contributed by atoms with Crippen molar-refractivity contribution >= 4 is 10.0 Å². The van der Waals surface area contributed by atoms with E-state index in [9.17, 15) is 8.42 Å². The van der Waals surface area contributed by atoms with Crippen LogP contribution >= 0.6 is 0 Å². The molecule has 2 N–H and O–H groups in total. The van der Waals surface area contributed by atoms with Crippen molar-refractivity contribution in [2.45, 2.75) is 64.4 Å². The standard InChI is InChI=1S/C14H26N2O3S/c1-5-7-8-16(11(3)6-2)20(17,18)14-9-13(10-15)19-12(14)4/h9,11H,5-8,10,15H2,1-4H3. The van der Waals surface area contributed by atoms with E-state index >= 15 is 0 Å². The fourth-order valence-corrected chi connectivity index (χ4v) is 4.03. The third-order valence-electron chi connectivity index (χ3n) is 3.53. The van der Waals surface area contributed by atoms with Gasteiger partial charge in [-0.25, -0.2) is 8.42 Å². The highest BCUT2D eigenvalue weighted by Crippen LogP contribution is 2.26. The highest BCUT2D eigenvalue weighted by atomic mass is 32.2. The molecule has 5 nitrogen and oxygen atoms in total. The summed E-state index contributed by atoms with van der Waals surface area (Å²) in [6, 6.07) is 1.52. The van der Waals surface area contributed by atoms with Crippen LogP contribution in [0.5, 0.6) is 0 Å². The summed E-state index contributed by atoms with van der Waals surface area (Å²) in [5.41, 5.74) is 5.52. The molecule has 0 radical (unpaired) electrons. The van der Waals surface area contributed by atoms with Crippen LogP contribution in [0.1, 0.15) is 51.6 Å². The third kappa shape index (κ3) is 3.62. The lowest BCUT2D eigenvalue weighted by atomic mass is 10.2. The first kappa shape index (κ1) is 17.2. The summed E-state index contributed by atoms with van der Waals surface area (Å²) in [7, 11) is -3.52. The quantitative estimate of drug-likeness (QED) is 0.801. The number of furan rings is 1. The molecule has 1 rings (SSSR count). The first-order valence-electron chi connectivity index (χ1n) is 7.19. The van der Waals surface area contributed by atoms with Crippen molar-refractivity contribution in [3.8, 4) is 0 Å². The fourth-order valence-electron chi connectivity index (χ4n) is 2.10. The van der Waals surface area contributed by atoms with Crippen LogP contribution in [0.3, 0.4) is 0 Å². The maximum atomic E-state index is 12.8. The van der Waals surface area contributed by atoms with Crippen molar-refractivity contribution in [1.29, 1.82) is 0 Å². The van der Waals surface area contributed by atoms with Crippen molar-refractivity contribution in [2.75, 3.05) is 6.54 Å². The zero-order chi connectivity index (χ0) is 15.3. The van der Waals surface area contributed by atoms with Crippen molar-refractivity contribution in [2.24, 2.45) is 5.73 Å². The molecule has 1 atom stereocenters. The molecule has 6 heteroatoms. The Bertz CT molecular complexity index is 523. The van der Waals surface area contributed by atoms with Gasteiger partial charge in [0, 0.05) is 18.7 Å². The molecule has 0 fully saturated rings. The molecule has 0 saturated carbocycles. The number of nitrogens with zero attached hydrogens (tertiary/aromatic N) is 1. The zero-order valence-corrected chi connectivity index (χ0v) is 13.7. The smallest absolute Gasteiger partial charge is 0.246 e. The van der Waals surface area contributed by atoms with E-state index in [-0.39, 0.29) is 17.5 Å². The Morgan fingerprint density at radius 1 is 1.40 bits per heavy atom. The summed E-state index contributed by atoms with van der Waals surface area (Å²) in [6.07, 6.45) is 2.59. The molecule has 0 saturated heterocycles. The van der Waals surface area contributed by atoms with Gasteiger partial charge in [0.15, 0.2) is 0 Å². The van der Waals surface area contributed by atoms with Crippen LogP contribution in [0.15, 0.2) is 15.4 Å². The Labute approximate surface area is 122 Å². The molecular formula is C14H26N2O3S. The van der Waals surface area contributed by atoms with Gasteiger partial charge in [0.05, 0.1) is 6.54 Å². The zero-order valence-electron chi connectivity index (χ0n) is 12.8. The fraction of sp³-hybridized carbons (Fsp3) is 0.714. The maximum Gasteiger partial charge on any atom is 0.246 e. The average Bonchev–Trinajstić information content (AvgIpc) is 2.80. The monoisotopic (exact) mass is 302 g/mol. The molecule has 1 aromatic rings. The minimum Gasteiger partial charge on any atom is -0.464 e. The van der Waals surface area contributed by atoms with Gasteiger partial charge in [0.25, 0.3) is 0 Å². The summed E-state index contributed by atoms with van der Waals surface area (Å²) in [5, 5.41) is 0. The van der Waals surface area contributed by atoms with Gasteiger partial charge in [-0.15, -0.1) is 0 Å². The molecule has 1 aromatic heterocycles. The second-order valence-corrected chi connectivity index (χ2v) is 6.92. The van der Waals surface area contributed by atoms with Gasteiger partial charge in [-0.3, -0.25) is 0 Å². The lowest BCUT2D eigenvalue weighted by Crippen LogP contribution is -2.39. The molecular weight excluding hydrogens is 276 g/mol. The topological polar surface area (TPSA) is 76.5 Å². The van der Waals surface area contributed by atoms with E-state index in [1.54, 1.807) is 17.3 Å². The summed E-state index contributed by atoms with van der Waals surface area (Å²) in [6.45, 7) is 8.39. The van der Waals surface area contributed by atoms with Crippen molar-refractivity contribution in [1.82, 2.24) is 4.31 Å². The van der Waals surface area contributed by atoms with E-state index in [2.05, 4.69) is 6.92 Å². The normalized spacial score (nSPS) is 13.9. The molecule has 0 aromatic carbocycles. The van der Waals surface area contributed by atoms with Crippen molar-refractivity contribution in [3.63, 3.8) is 0 Å². The minimum atomic E-state index is -3.52. The SMILES string of the molecule is CCCCN(C(C)CC)S(=O)(=O)c1cc(CN)oc1C. The van der Waals surface area contributed by atoms with E-state index in [1.165, 1.54) is 0 Å². The first-order valence-corrected chi connectivity index (χ1v) is 8.63. The molecule has 0 aliphatic rings. The molecule has 0 spiro atoms. The summed E-state index contributed by atoms with van der Waals surface area (Å²) in [4.78, 5) is 0.245. The van der Waals surface area contributed by atoms with Gasteiger partial charge in [-0.2, -0.15) is 4.31 Å². The summed E-state index contributed by atoms with van der Waals surface area (Å²) in [5.74, 6) is 0.913. The summed E-state index contributed by atoms with van der Waals surface area (Å²) < 4.78 is 32.6. The molecule has 0 aliphatic carbocycles. The average molecular weight is 302 g/mol. The maximum absolute atomic E-state index is 12.8. The van der Waals surface area contributed by atoms with E-state index in [1.807, 2.05) is 13.8 Å². The Kier molecular flexibility index (Phi) is 6.23. The van der Waals surface area contributed by atoms with Crippen LogP contribution in [0.2, 0.25) is 0 Å². The van der Waals surface area contributed by atoms with E-state index in [0.29, 0.717) is 18.1 Å². The van der Waals surface area contributed by atoms with Gasteiger partial charge in [0.2, 0.25) is 10.0 Å². The second kappa shape index (κ2) is 7.24. The van der Waals surface area contributed by atoms with Gasteiger partial charge < -0.3 is 10.2 Å². The lowest BCUT2D eigenvalue weighted by molar-refractivity contribution is 0.323. The highest BCUT2D eigenvalue weighted by Gasteiger charge is 2.31. The largest absolute Gasteiger partial charge is 0.464 e. The number of rotatable bonds is 8. The van der Waals surface area contributed by atoms with Crippen LogP contribution in [0.4, 0.5) is 0 Å². The molecule has 0 bridgehead atoms. The number of hydrogen-bond donors (Lipinski definition) is 1. The molecule has 0 aliphatic heterocycles. The summed E-state index contributed by atoms with van der Waals surface area (Å²) >= 11 is 0. The van der Waals surface area contributed by atoms with Crippen LogP contribution < -0.4 is 5.73 Å². The number of sulfonamides is 1. The molecule has 1 heterocycles. The Morgan fingerprint density at radius 2 is 2.05 bits per heavy atom. The van der Waals surface area contributed by atoms with Crippen molar-refractivity contribution in [3.05, 3.63) is 17.6 Å². The molecule has 116 valence electrons. The van der Waals surface area contributed by atoms with Gasteiger partial charge >= 0.3 is 0 Å².